The van der Waals surface area contributed by atoms with Crippen molar-refractivity contribution in [1.29, 1.82) is 0 Å². The van der Waals surface area contributed by atoms with E-state index < -0.39 is 22.9 Å². The van der Waals surface area contributed by atoms with E-state index in [0.717, 1.165) is 44.9 Å². The number of carboxylic acid groups (broad SMARTS) is 2. The highest BCUT2D eigenvalue weighted by molar-refractivity contribution is 6.13. The summed E-state index contributed by atoms with van der Waals surface area (Å²) in [5, 5.41) is 19.2. The third-order valence-corrected chi connectivity index (χ3v) is 5.09. The fraction of sp³-hybridized carbons (Fsp3) is 0.619. The molecule has 0 saturated carbocycles. The lowest BCUT2D eigenvalue weighted by Crippen LogP contribution is -2.34. The zero-order chi connectivity index (χ0) is 18.9. The van der Waals surface area contributed by atoms with Crippen LogP contribution in [0.4, 0.5) is 0 Å². The minimum atomic E-state index is -1.33. The molecule has 0 aromatic carbocycles. The molecular weight excluding hydrogens is 316 g/mol. The maximum atomic E-state index is 11.8. The Morgan fingerprint density at radius 1 is 0.960 bits per heavy atom. The Kier molecular flexibility index (Phi) is 8.67. The predicted octanol–water partition coefficient (Wildman–Crippen LogP) is 5.36. The van der Waals surface area contributed by atoms with Crippen molar-refractivity contribution in [2.75, 3.05) is 0 Å². The van der Waals surface area contributed by atoms with Crippen LogP contribution in [0, 0.1) is 11.3 Å². The Morgan fingerprint density at radius 2 is 1.64 bits per heavy atom. The fourth-order valence-corrected chi connectivity index (χ4v) is 3.99. The van der Waals surface area contributed by atoms with Crippen LogP contribution in [0.3, 0.4) is 0 Å². The van der Waals surface area contributed by atoms with Gasteiger partial charge in [-0.1, -0.05) is 77.2 Å². The van der Waals surface area contributed by atoms with Gasteiger partial charge >= 0.3 is 11.9 Å². The van der Waals surface area contributed by atoms with Gasteiger partial charge < -0.3 is 10.2 Å². The maximum absolute atomic E-state index is 11.8. The highest BCUT2D eigenvalue weighted by Gasteiger charge is 2.42. The van der Waals surface area contributed by atoms with Gasteiger partial charge in [0, 0.05) is 5.41 Å². The number of aliphatic carboxylic acids is 2. The molecule has 2 unspecified atom stereocenters. The summed E-state index contributed by atoms with van der Waals surface area (Å²) in [6, 6.07) is 0. The molecule has 0 fully saturated rings. The maximum Gasteiger partial charge on any atom is 0.343 e. The second kappa shape index (κ2) is 10.2. The van der Waals surface area contributed by atoms with Crippen molar-refractivity contribution in [2.24, 2.45) is 11.3 Å². The van der Waals surface area contributed by atoms with Crippen molar-refractivity contribution in [3.8, 4) is 0 Å². The van der Waals surface area contributed by atoms with Crippen molar-refractivity contribution in [3.63, 3.8) is 0 Å². The Morgan fingerprint density at radius 3 is 2.16 bits per heavy atom. The number of hydrogen-bond acceptors (Lipinski definition) is 2. The van der Waals surface area contributed by atoms with Gasteiger partial charge in [0.05, 0.1) is 0 Å². The van der Waals surface area contributed by atoms with Crippen molar-refractivity contribution in [1.82, 2.24) is 0 Å². The Bertz CT molecular complexity index is 540. The van der Waals surface area contributed by atoms with Crippen LogP contribution in [0.25, 0.3) is 0 Å². The second-order valence-electron chi connectivity index (χ2n) is 6.85. The first-order valence-electron chi connectivity index (χ1n) is 9.50. The number of carboxylic acids is 2. The Hall–Kier alpha value is -1.84. The van der Waals surface area contributed by atoms with E-state index in [1.807, 2.05) is 19.1 Å². The molecule has 1 aliphatic rings. The predicted molar refractivity (Wildman–Crippen MR) is 100 cm³/mol. The molecule has 25 heavy (non-hydrogen) atoms. The summed E-state index contributed by atoms with van der Waals surface area (Å²) in [6.45, 7) is 6.22. The van der Waals surface area contributed by atoms with E-state index in [1.54, 1.807) is 0 Å². The lowest BCUT2D eigenvalue weighted by Gasteiger charge is -2.42. The van der Waals surface area contributed by atoms with E-state index in [4.69, 9.17) is 0 Å². The fourth-order valence-electron chi connectivity index (χ4n) is 3.99. The van der Waals surface area contributed by atoms with Crippen LogP contribution in [0.1, 0.15) is 72.1 Å². The molecule has 2 N–H and O–H groups in total. The van der Waals surface area contributed by atoms with Crippen molar-refractivity contribution in [3.05, 3.63) is 35.5 Å². The number of unbranched alkanes of at least 4 members (excludes halogenated alkanes) is 2. The van der Waals surface area contributed by atoms with Crippen LogP contribution in [0.15, 0.2) is 35.5 Å². The van der Waals surface area contributed by atoms with E-state index in [0.29, 0.717) is 12.0 Å². The smallest absolute Gasteiger partial charge is 0.343 e. The first kappa shape index (κ1) is 21.2. The molecule has 0 aromatic rings. The molecule has 0 saturated heterocycles. The van der Waals surface area contributed by atoms with Gasteiger partial charge in [0.15, 0.2) is 0 Å². The summed E-state index contributed by atoms with van der Waals surface area (Å²) in [6.07, 6.45) is 15.2. The standard InChI is InChI=1S/C21H32O4/c1-4-7-9-14-21(15-10-8-13-16(21)11-5-2)17(12-6-3)18(19(22)23)20(24)25/h8,10,13,15-16H,4-7,9,11-12,14H2,1-3H3,(H,22,23)(H,24,25). The highest BCUT2D eigenvalue weighted by atomic mass is 16.4. The van der Waals surface area contributed by atoms with Crippen LogP contribution < -0.4 is 0 Å². The van der Waals surface area contributed by atoms with Gasteiger partial charge in [0.25, 0.3) is 0 Å². The molecule has 0 radical (unpaired) electrons. The normalized spacial score (nSPS) is 22.0. The Labute approximate surface area is 151 Å². The van der Waals surface area contributed by atoms with Gasteiger partial charge in [-0.3, -0.25) is 0 Å². The van der Waals surface area contributed by atoms with Gasteiger partial charge in [0.1, 0.15) is 5.57 Å². The molecule has 0 bridgehead atoms. The van der Waals surface area contributed by atoms with Crippen LogP contribution in [0.5, 0.6) is 0 Å². The number of hydrogen-bond donors (Lipinski definition) is 2. The number of carbonyl (C=O) groups is 2. The molecular formula is C21H32O4. The number of rotatable bonds is 11. The first-order chi connectivity index (χ1) is 11.9. The summed E-state index contributed by atoms with van der Waals surface area (Å²) in [7, 11) is 0. The third kappa shape index (κ3) is 5.07. The monoisotopic (exact) mass is 348 g/mol. The third-order valence-electron chi connectivity index (χ3n) is 5.09. The zero-order valence-electron chi connectivity index (χ0n) is 15.8. The van der Waals surface area contributed by atoms with Crippen molar-refractivity contribution in [2.45, 2.75) is 72.1 Å². The summed E-state index contributed by atoms with van der Waals surface area (Å²) >= 11 is 0. The lowest BCUT2D eigenvalue weighted by molar-refractivity contribution is -0.140. The van der Waals surface area contributed by atoms with E-state index >= 15 is 0 Å². The van der Waals surface area contributed by atoms with Crippen molar-refractivity contribution < 1.29 is 19.8 Å². The summed E-state index contributed by atoms with van der Waals surface area (Å²) in [4.78, 5) is 23.5. The summed E-state index contributed by atoms with van der Waals surface area (Å²) < 4.78 is 0. The van der Waals surface area contributed by atoms with Crippen molar-refractivity contribution >= 4 is 11.9 Å². The van der Waals surface area contributed by atoms with Gasteiger partial charge in [-0.15, -0.1) is 0 Å². The Balaban J connectivity index is 3.56. The zero-order valence-corrected chi connectivity index (χ0v) is 15.8. The average Bonchev–Trinajstić information content (AvgIpc) is 2.56. The lowest BCUT2D eigenvalue weighted by atomic mass is 9.61. The van der Waals surface area contributed by atoms with Gasteiger partial charge in [-0.25, -0.2) is 9.59 Å². The molecule has 0 heterocycles. The molecule has 4 nitrogen and oxygen atoms in total. The topological polar surface area (TPSA) is 74.6 Å². The van der Waals surface area contributed by atoms with Crippen LogP contribution in [0.2, 0.25) is 0 Å². The second-order valence-corrected chi connectivity index (χ2v) is 6.85. The average molecular weight is 348 g/mol. The molecule has 4 heteroatoms. The summed E-state index contributed by atoms with van der Waals surface area (Å²) in [5.74, 6) is -2.51. The van der Waals surface area contributed by atoms with Gasteiger partial charge in [0.2, 0.25) is 0 Å². The molecule has 0 aliphatic heterocycles. The van der Waals surface area contributed by atoms with Gasteiger partial charge in [-0.2, -0.15) is 0 Å². The van der Waals surface area contributed by atoms with Gasteiger partial charge in [-0.05, 0) is 30.8 Å². The highest BCUT2D eigenvalue weighted by Crippen LogP contribution is 2.49. The van der Waals surface area contributed by atoms with Crippen LogP contribution >= 0.6 is 0 Å². The van der Waals surface area contributed by atoms with Crippen LogP contribution in [-0.4, -0.2) is 22.2 Å². The molecule has 0 amide bonds. The largest absolute Gasteiger partial charge is 0.477 e. The SMILES string of the molecule is CCCCCC1(C(CCC)=C(C(=O)O)C(=O)O)C=CC=CC1CCC. The van der Waals surface area contributed by atoms with E-state index in [2.05, 4.69) is 26.0 Å². The van der Waals surface area contributed by atoms with Crippen LogP contribution in [-0.2, 0) is 9.59 Å². The molecule has 0 spiro atoms. The van der Waals surface area contributed by atoms with E-state index in [1.165, 1.54) is 0 Å². The molecule has 2 atom stereocenters. The summed E-state index contributed by atoms with van der Waals surface area (Å²) in [5.41, 5.74) is -0.341. The molecule has 140 valence electrons. The molecule has 1 rings (SSSR count). The minimum Gasteiger partial charge on any atom is -0.477 e. The molecule has 1 aliphatic carbocycles. The van der Waals surface area contributed by atoms with E-state index in [-0.39, 0.29) is 5.92 Å². The minimum absolute atomic E-state index is 0.148. The van der Waals surface area contributed by atoms with E-state index in [9.17, 15) is 19.8 Å². The first-order valence-corrected chi connectivity index (χ1v) is 9.50. The quantitative estimate of drug-likeness (QED) is 0.228. The molecule has 0 aromatic heterocycles. The number of allylic oxidation sites excluding steroid dienone is 5.